The number of carbonyl (C=O) groups is 3. The number of allylic oxidation sites excluding steroid dienone is 18. The number of rotatable bonds is 49. The molecule has 0 rings (SSSR count). The third kappa shape index (κ3) is 53.0. The molecule has 0 aromatic heterocycles. The van der Waals surface area contributed by atoms with Crippen molar-refractivity contribution in [1.82, 2.24) is 0 Å². The van der Waals surface area contributed by atoms with E-state index in [2.05, 4.69) is 75.5 Å². The Morgan fingerprint density at radius 2 is 0.603 bits per heavy atom. The Morgan fingerprint density at radius 1 is 0.309 bits per heavy atom. The van der Waals surface area contributed by atoms with Crippen LogP contribution in [0.4, 0.5) is 0 Å². The van der Waals surface area contributed by atoms with Gasteiger partial charge in [-0.2, -0.15) is 0 Å². The third-order valence-corrected chi connectivity index (χ3v) is 11.7. The number of unbranched alkanes of at least 4 members (excludes halogenated alkanes) is 26. The van der Waals surface area contributed by atoms with Gasteiger partial charge in [0, 0.05) is 19.3 Å². The quantitative estimate of drug-likeness (QED) is 0.0199. The fraction of sp³-hybridized carbons (Fsp3) is 0.661. The van der Waals surface area contributed by atoms with E-state index in [1.807, 2.05) is 54.7 Å². The normalized spacial score (nSPS) is 12.9. The summed E-state index contributed by atoms with van der Waals surface area (Å²) in [5.74, 6) is -1.02. The molecule has 0 saturated carbocycles. The third-order valence-electron chi connectivity index (χ3n) is 11.7. The van der Waals surface area contributed by atoms with E-state index >= 15 is 0 Å². The molecule has 1 unspecified atom stereocenters. The molecule has 386 valence electrons. The molecule has 0 bridgehead atoms. The highest BCUT2D eigenvalue weighted by molar-refractivity contribution is 5.71. The van der Waals surface area contributed by atoms with Crippen molar-refractivity contribution < 1.29 is 28.6 Å². The second-order valence-corrected chi connectivity index (χ2v) is 18.3. The van der Waals surface area contributed by atoms with Gasteiger partial charge in [0.25, 0.3) is 0 Å². The summed E-state index contributed by atoms with van der Waals surface area (Å²) in [5.41, 5.74) is 0. The van der Waals surface area contributed by atoms with E-state index < -0.39 is 6.10 Å². The van der Waals surface area contributed by atoms with Crippen LogP contribution >= 0.6 is 0 Å². The molecule has 0 amide bonds. The predicted octanol–water partition coefficient (Wildman–Crippen LogP) is 18.7. The van der Waals surface area contributed by atoms with Gasteiger partial charge < -0.3 is 14.2 Å². The Hall–Kier alpha value is -3.93. The van der Waals surface area contributed by atoms with Crippen LogP contribution in [0.1, 0.15) is 245 Å². The lowest BCUT2D eigenvalue weighted by atomic mass is 10.1. The number of esters is 3. The van der Waals surface area contributed by atoms with Crippen molar-refractivity contribution >= 4 is 17.9 Å². The molecule has 0 aliphatic heterocycles. The van der Waals surface area contributed by atoms with Crippen molar-refractivity contribution in [2.45, 2.75) is 252 Å². The molecule has 0 N–H and O–H groups in total. The van der Waals surface area contributed by atoms with E-state index in [1.54, 1.807) is 0 Å². The van der Waals surface area contributed by atoms with Crippen LogP contribution in [-0.2, 0) is 28.6 Å². The second kappa shape index (κ2) is 55.7. The van der Waals surface area contributed by atoms with Crippen molar-refractivity contribution in [2.24, 2.45) is 0 Å². The van der Waals surface area contributed by atoms with E-state index in [4.69, 9.17) is 14.2 Å². The van der Waals surface area contributed by atoms with Gasteiger partial charge in [0.2, 0.25) is 0 Å². The summed E-state index contributed by atoms with van der Waals surface area (Å²) in [6, 6.07) is 0. The van der Waals surface area contributed by atoms with Crippen LogP contribution in [0.2, 0.25) is 0 Å². The van der Waals surface area contributed by atoms with Gasteiger partial charge in [-0.3, -0.25) is 14.4 Å². The monoisotopic (exact) mass is 943 g/mol. The van der Waals surface area contributed by atoms with E-state index in [-0.39, 0.29) is 44.0 Å². The van der Waals surface area contributed by atoms with Gasteiger partial charge in [0.1, 0.15) is 13.2 Å². The molecule has 0 saturated heterocycles. The first-order chi connectivity index (χ1) is 33.5. The Labute approximate surface area is 419 Å². The maximum absolute atomic E-state index is 12.8. The summed E-state index contributed by atoms with van der Waals surface area (Å²) in [7, 11) is 0. The summed E-state index contributed by atoms with van der Waals surface area (Å²) in [5, 5.41) is 0. The van der Waals surface area contributed by atoms with Crippen LogP contribution in [0.15, 0.2) is 109 Å². The number of ether oxygens (including phenoxy) is 3. The van der Waals surface area contributed by atoms with Crippen LogP contribution < -0.4 is 0 Å². The Morgan fingerprint density at radius 3 is 1.00 bits per heavy atom. The molecule has 6 nitrogen and oxygen atoms in total. The average molecular weight is 943 g/mol. The average Bonchev–Trinajstić information content (AvgIpc) is 3.34. The maximum atomic E-state index is 12.8. The highest BCUT2D eigenvalue weighted by Gasteiger charge is 2.19. The minimum Gasteiger partial charge on any atom is -0.462 e. The smallest absolute Gasteiger partial charge is 0.306 e. The van der Waals surface area contributed by atoms with Gasteiger partial charge in [0.15, 0.2) is 6.10 Å². The topological polar surface area (TPSA) is 78.9 Å². The zero-order chi connectivity index (χ0) is 49.3. The van der Waals surface area contributed by atoms with Crippen LogP contribution in [0.25, 0.3) is 0 Å². The predicted molar refractivity (Wildman–Crippen MR) is 293 cm³/mol. The molecule has 6 heteroatoms. The van der Waals surface area contributed by atoms with Crippen LogP contribution in [-0.4, -0.2) is 37.2 Å². The molecule has 0 fully saturated rings. The molecule has 68 heavy (non-hydrogen) atoms. The van der Waals surface area contributed by atoms with E-state index in [1.165, 1.54) is 122 Å². The number of carbonyl (C=O) groups excluding carboxylic acids is 3. The minimum absolute atomic E-state index is 0.113. The molecule has 1 atom stereocenters. The fourth-order valence-electron chi connectivity index (χ4n) is 7.47. The Bertz CT molecular complexity index is 1410. The van der Waals surface area contributed by atoms with Gasteiger partial charge >= 0.3 is 17.9 Å². The van der Waals surface area contributed by atoms with E-state index in [9.17, 15) is 14.4 Å². The molecule has 0 radical (unpaired) electrons. The largest absolute Gasteiger partial charge is 0.462 e. The highest BCUT2D eigenvalue weighted by Crippen LogP contribution is 2.14. The summed E-state index contributed by atoms with van der Waals surface area (Å²) < 4.78 is 16.8. The molecule has 0 aromatic rings. The first kappa shape index (κ1) is 64.1. The van der Waals surface area contributed by atoms with Gasteiger partial charge in [-0.05, 0) is 83.5 Å². The number of hydrogen-bond acceptors (Lipinski definition) is 6. The van der Waals surface area contributed by atoms with Crippen molar-refractivity contribution in [1.29, 1.82) is 0 Å². The van der Waals surface area contributed by atoms with Crippen LogP contribution in [0.3, 0.4) is 0 Å². The van der Waals surface area contributed by atoms with Gasteiger partial charge in [-0.1, -0.05) is 252 Å². The minimum atomic E-state index is -0.821. The maximum Gasteiger partial charge on any atom is 0.306 e. The summed E-state index contributed by atoms with van der Waals surface area (Å²) >= 11 is 0. The second-order valence-electron chi connectivity index (χ2n) is 18.3. The SMILES string of the molecule is CC/C=C/C=C/C=C/C=C/C=C/CCCC(=O)OCC(COC(=O)CCCCCCCCC/C=C/CCCCCCCCCC)OC(=O)CCCCCCC/C=C/C=C/C=C/CCCCCCC. The Kier molecular flexibility index (Phi) is 52.4. The standard InChI is InChI=1S/C62H102O6/c1-4-7-10-13-16-19-22-25-27-29-31-33-34-37-40-43-46-49-52-55-61(64)67-58-59(57-66-60(63)54-51-48-45-42-39-36-24-21-18-15-12-9-6-3)68-62(65)56-53-50-47-44-41-38-35-32-30-28-26-23-20-17-14-11-8-5-2/h9,12,15,18,21,23-24,26,28-32,35-36,39,42,45,59H,4-8,10-11,13-14,16-17,19-20,22,25,27,33-34,37-38,40-41,43-44,46-58H2,1-3H3/b12-9+,18-15+,24-21+,26-23+,30-28+,31-29+,35-32+,39-36+,45-42+. The van der Waals surface area contributed by atoms with Gasteiger partial charge in [-0.25, -0.2) is 0 Å². The number of hydrogen-bond donors (Lipinski definition) is 0. The van der Waals surface area contributed by atoms with Gasteiger partial charge in [-0.15, -0.1) is 0 Å². The fourth-order valence-corrected chi connectivity index (χ4v) is 7.47. The first-order valence-corrected chi connectivity index (χ1v) is 28.0. The van der Waals surface area contributed by atoms with Crippen molar-refractivity contribution in [3.05, 3.63) is 109 Å². The zero-order valence-electron chi connectivity index (χ0n) is 44.1. The lowest BCUT2D eigenvalue weighted by Crippen LogP contribution is -2.30. The molecule has 0 aromatic carbocycles. The molecule has 0 aliphatic carbocycles. The summed E-state index contributed by atoms with van der Waals surface area (Å²) in [4.78, 5) is 38.1. The summed E-state index contributed by atoms with van der Waals surface area (Å²) in [6.45, 7) is 6.39. The van der Waals surface area contributed by atoms with Crippen LogP contribution in [0, 0.1) is 0 Å². The van der Waals surface area contributed by atoms with E-state index in [0.717, 1.165) is 77.0 Å². The van der Waals surface area contributed by atoms with Crippen LogP contribution in [0.5, 0.6) is 0 Å². The van der Waals surface area contributed by atoms with Gasteiger partial charge in [0.05, 0.1) is 0 Å². The zero-order valence-corrected chi connectivity index (χ0v) is 44.1. The van der Waals surface area contributed by atoms with Crippen molar-refractivity contribution in [3.63, 3.8) is 0 Å². The lowest BCUT2D eigenvalue weighted by molar-refractivity contribution is -0.167. The molecular formula is C62H102O6. The Balaban J connectivity index is 4.50. The molecule has 0 aliphatic rings. The highest BCUT2D eigenvalue weighted by atomic mass is 16.6. The van der Waals surface area contributed by atoms with E-state index in [0.29, 0.717) is 12.8 Å². The first-order valence-electron chi connectivity index (χ1n) is 28.0. The molecular weight excluding hydrogens is 841 g/mol. The lowest BCUT2D eigenvalue weighted by Gasteiger charge is -2.18. The van der Waals surface area contributed by atoms with Crippen molar-refractivity contribution in [2.75, 3.05) is 13.2 Å². The summed E-state index contributed by atoms with van der Waals surface area (Å²) in [6.07, 6.45) is 75.1. The van der Waals surface area contributed by atoms with Crippen molar-refractivity contribution in [3.8, 4) is 0 Å². The molecule has 0 heterocycles. The molecule has 0 spiro atoms.